The highest BCUT2D eigenvalue weighted by Crippen LogP contribution is 2.41. The van der Waals surface area contributed by atoms with E-state index in [1.807, 2.05) is 36.9 Å². The second kappa shape index (κ2) is 8.48. The first-order valence-electron chi connectivity index (χ1n) is 10.7. The van der Waals surface area contributed by atoms with Crippen LogP contribution < -0.4 is 19.1 Å². The SMILES string of the molecule is CCCOc1cc(C)ccc1O[C@H]1C[C@H]2CC[C@@H](C1)N2c1ccc(C(F)(F)F)c[n+]1[O-]. The highest BCUT2D eigenvalue weighted by molar-refractivity contribution is 5.44. The van der Waals surface area contributed by atoms with E-state index in [-0.39, 0.29) is 24.0 Å². The first kappa shape index (κ1) is 21.6. The average Bonchev–Trinajstić information content (AvgIpc) is 2.97. The molecular formula is C23H27F3N2O3. The van der Waals surface area contributed by atoms with Gasteiger partial charge in [0.05, 0.1) is 12.2 Å². The number of aromatic nitrogens is 1. The fourth-order valence-electron chi connectivity index (χ4n) is 4.66. The fourth-order valence-corrected chi connectivity index (χ4v) is 4.66. The number of fused-ring (bicyclic) bond motifs is 2. The lowest BCUT2D eigenvalue weighted by molar-refractivity contribution is -0.594. The summed E-state index contributed by atoms with van der Waals surface area (Å²) < 4.78 is 51.2. The van der Waals surface area contributed by atoms with Crippen molar-refractivity contribution in [1.29, 1.82) is 0 Å². The van der Waals surface area contributed by atoms with Crippen molar-refractivity contribution in [2.75, 3.05) is 11.5 Å². The van der Waals surface area contributed by atoms with Gasteiger partial charge in [-0.05, 0) is 49.9 Å². The van der Waals surface area contributed by atoms with Crippen molar-refractivity contribution in [3.63, 3.8) is 0 Å². The van der Waals surface area contributed by atoms with Crippen molar-refractivity contribution < 1.29 is 27.4 Å². The van der Waals surface area contributed by atoms with Crippen molar-refractivity contribution >= 4 is 5.82 Å². The highest BCUT2D eigenvalue weighted by Gasteiger charge is 2.48. The highest BCUT2D eigenvalue weighted by atomic mass is 19.4. The van der Waals surface area contributed by atoms with E-state index in [1.165, 1.54) is 6.07 Å². The summed E-state index contributed by atoms with van der Waals surface area (Å²) in [5.74, 6) is 1.73. The predicted octanol–water partition coefficient (Wildman–Crippen LogP) is 5.01. The normalized spacial score (nSPS) is 23.1. The molecule has 0 amide bonds. The van der Waals surface area contributed by atoms with Crippen molar-refractivity contribution in [2.24, 2.45) is 0 Å². The van der Waals surface area contributed by atoms with Crippen molar-refractivity contribution in [3.05, 3.63) is 52.9 Å². The van der Waals surface area contributed by atoms with Gasteiger partial charge in [-0.1, -0.05) is 13.0 Å². The van der Waals surface area contributed by atoms with E-state index in [0.29, 0.717) is 36.1 Å². The maximum atomic E-state index is 12.9. The van der Waals surface area contributed by atoms with Crippen LogP contribution in [0.5, 0.6) is 11.5 Å². The topological polar surface area (TPSA) is 48.6 Å². The van der Waals surface area contributed by atoms with Crippen molar-refractivity contribution in [3.8, 4) is 11.5 Å². The number of alkyl halides is 3. The number of benzene rings is 1. The number of rotatable bonds is 6. The zero-order chi connectivity index (χ0) is 22.2. The molecule has 0 N–H and O–H groups in total. The minimum absolute atomic E-state index is 0.0324. The molecule has 1 aromatic carbocycles. The molecule has 31 heavy (non-hydrogen) atoms. The lowest BCUT2D eigenvalue weighted by Gasteiger charge is -2.36. The second-order valence-electron chi connectivity index (χ2n) is 8.40. The number of ether oxygens (including phenoxy) is 2. The lowest BCUT2D eigenvalue weighted by atomic mass is 9.99. The molecule has 2 aromatic rings. The molecule has 3 heterocycles. The maximum absolute atomic E-state index is 12.9. The van der Waals surface area contributed by atoms with E-state index in [0.717, 1.165) is 36.6 Å². The first-order valence-corrected chi connectivity index (χ1v) is 10.7. The second-order valence-corrected chi connectivity index (χ2v) is 8.40. The minimum atomic E-state index is -4.53. The Morgan fingerprint density at radius 3 is 2.42 bits per heavy atom. The van der Waals surface area contributed by atoms with Gasteiger partial charge in [-0.15, -0.1) is 0 Å². The van der Waals surface area contributed by atoms with Crippen LogP contribution in [0.4, 0.5) is 19.0 Å². The van der Waals surface area contributed by atoms with Crippen LogP contribution in [0.2, 0.25) is 0 Å². The van der Waals surface area contributed by atoms with E-state index in [9.17, 15) is 18.4 Å². The number of piperidine rings is 1. The Morgan fingerprint density at radius 2 is 1.81 bits per heavy atom. The predicted molar refractivity (Wildman–Crippen MR) is 110 cm³/mol. The Labute approximate surface area is 180 Å². The molecule has 2 saturated heterocycles. The minimum Gasteiger partial charge on any atom is -0.711 e. The third-order valence-electron chi connectivity index (χ3n) is 6.03. The van der Waals surface area contributed by atoms with Gasteiger partial charge in [-0.3, -0.25) is 4.90 Å². The van der Waals surface area contributed by atoms with Gasteiger partial charge < -0.3 is 14.7 Å². The number of pyridine rings is 1. The van der Waals surface area contributed by atoms with Gasteiger partial charge in [-0.2, -0.15) is 13.2 Å². The number of halogens is 3. The van der Waals surface area contributed by atoms with Crippen LogP contribution in [0.25, 0.3) is 0 Å². The fraction of sp³-hybridized carbons (Fsp3) is 0.522. The summed E-state index contributed by atoms with van der Waals surface area (Å²) in [7, 11) is 0. The van der Waals surface area contributed by atoms with Crippen molar-refractivity contribution in [1.82, 2.24) is 0 Å². The third kappa shape index (κ3) is 4.52. The van der Waals surface area contributed by atoms with Crippen LogP contribution in [0.15, 0.2) is 36.5 Å². The van der Waals surface area contributed by atoms with Crippen LogP contribution >= 0.6 is 0 Å². The third-order valence-corrected chi connectivity index (χ3v) is 6.03. The largest absolute Gasteiger partial charge is 0.711 e. The Bertz CT molecular complexity index is 921. The Morgan fingerprint density at radius 1 is 1.10 bits per heavy atom. The number of anilines is 1. The van der Waals surface area contributed by atoms with Crippen LogP contribution in [-0.2, 0) is 6.18 Å². The van der Waals surface area contributed by atoms with Crippen LogP contribution in [-0.4, -0.2) is 24.8 Å². The van der Waals surface area contributed by atoms with Gasteiger partial charge in [0.15, 0.2) is 11.5 Å². The number of aryl methyl sites for hydroxylation is 1. The van der Waals surface area contributed by atoms with Gasteiger partial charge in [-0.25, -0.2) is 4.73 Å². The van der Waals surface area contributed by atoms with E-state index >= 15 is 0 Å². The van der Waals surface area contributed by atoms with Gasteiger partial charge in [0.2, 0.25) is 0 Å². The quantitative estimate of drug-likeness (QED) is 0.472. The molecule has 2 bridgehead atoms. The summed E-state index contributed by atoms with van der Waals surface area (Å²) in [6, 6.07) is 8.28. The van der Waals surface area contributed by atoms with Crippen LogP contribution in [0.3, 0.4) is 0 Å². The Kier molecular flexibility index (Phi) is 5.90. The zero-order valence-corrected chi connectivity index (χ0v) is 17.7. The molecule has 0 unspecified atom stereocenters. The molecule has 1 aromatic heterocycles. The lowest BCUT2D eigenvalue weighted by Crippen LogP contribution is -2.51. The van der Waals surface area contributed by atoms with Gasteiger partial charge >= 0.3 is 6.18 Å². The molecule has 4 rings (SSSR count). The molecule has 5 nitrogen and oxygen atoms in total. The van der Waals surface area contributed by atoms with Gasteiger partial charge in [0.1, 0.15) is 24.4 Å². The molecule has 0 spiro atoms. The summed E-state index contributed by atoms with van der Waals surface area (Å²) in [5.41, 5.74) is 0.159. The summed E-state index contributed by atoms with van der Waals surface area (Å²) in [4.78, 5) is 1.98. The molecule has 2 aliphatic heterocycles. The molecule has 8 heteroatoms. The van der Waals surface area contributed by atoms with E-state index in [4.69, 9.17) is 9.47 Å². The molecule has 0 aliphatic carbocycles. The number of hydrogen-bond acceptors (Lipinski definition) is 4. The maximum Gasteiger partial charge on any atom is 0.419 e. The standard InChI is InChI=1S/C23H27F3N2O3/c1-3-10-30-21-11-15(2)4-8-20(21)31-19-12-17-6-7-18(13-19)28(17)22-9-5-16(14-27(22)29)23(24,25)26/h4-5,8-9,11,14,17-19H,3,6-7,10,12-13H2,1-2H3/t17-,18+,19+. The Balaban J connectivity index is 1.49. The van der Waals surface area contributed by atoms with E-state index in [1.54, 1.807) is 0 Å². The molecule has 0 radical (unpaired) electrons. The smallest absolute Gasteiger partial charge is 0.419 e. The van der Waals surface area contributed by atoms with Gasteiger partial charge in [0.25, 0.3) is 5.82 Å². The Hall–Kier alpha value is -2.64. The number of hydrogen-bond donors (Lipinski definition) is 0. The summed E-state index contributed by atoms with van der Waals surface area (Å²) in [5, 5.41) is 12.4. The summed E-state index contributed by atoms with van der Waals surface area (Å²) in [6.07, 6.45) is 0.152. The van der Waals surface area contributed by atoms with E-state index < -0.39 is 11.7 Å². The molecule has 2 fully saturated rings. The monoisotopic (exact) mass is 436 g/mol. The first-order chi connectivity index (χ1) is 14.8. The zero-order valence-electron chi connectivity index (χ0n) is 17.7. The molecule has 168 valence electrons. The molecular weight excluding hydrogens is 409 g/mol. The number of nitrogens with zero attached hydrogens (tertiary/aromatic N) is 2. The molecule has 0 saturated carbocycles. The molecule has 2 aliphatic rings. The molecule has 3 atom stereocenters. The van der Waals surface area contributed by atoms with E-state index in [2.05, 4.69) is 0 Å². The van der Waals surface area contributed by atoms with Crippen molar-refractivity contribution in [2.45, 2.75) is 70.3 Å². The van der Waals surface area contributed by atoms with Crippen LogP contribution in [0.1, 0.15) is 50.2 Å². The summed E-state index contributed by atoms with van der Waals surface area (Å²) >= 11 is 0. The average molecular weight is 436 g/mol. The summed E-state index contributed by atoms with van der Waals surface area (Å²) in [6.45, 7) is 4.66. The van der Waals surface area contributed by atoms with Crippen LogP contribution in [0, 0.1) is 12.1 Å². The van der Waals surface area contributed by atoms with Gasteiger partial charge in [0, 0.05) is 18.9 Å².